The van der Waals surface area contributed by atoms with Crippen LogP contribution in [-0.4, -0.2) is 24.4 Å². The monoisotopic (exact) mass is 514 g/mol. The fraction of sp³-hybridized carbons (Fsp3) is 0.769. The molecule has 35 heavy (non-hydrogen) atoms. The molecule has 0 spiro atoms. The lowest BCUT2D eigenvalue weighted by Gasteiger charge is -2.39. The average Bonchev–Trinajstić information content (AvgIpc) is 2.79. The predicted octanol–water partition coefficient (Wildman–Crippen LogP) is 9.46. The zero-order valence-electron chi connectivity index (χ0n) is 19.9. The minimum Gasteiger partial charge on any atom is -0.428 e. The Morgan fingerprint density at radius 1 is 0.800 bits per heavy atom. The van der Waals surface area contributed by atoms with Gasteiger partial charge in [0.15, 0.2) is 0 Å². The van der Waals surface area contributed by atoms with Crippen LogP contribution in [0.1, 0.15) is 89.0 Å². The molecule has 0 aromatic heterocycles. The largest absolute Gasteiger partial charge is 0.474 e. The fourth-order valence-corrected chi connectivity index (χ4v) is 5.74. The molecule has 0 radical (unpaired) electrons. The van der Waals surface area contributed by atoms with E-state index in [4.69, 9.17) is 0 Å². The average molecular weight is 515 g/mol. The van der Waals surface area contributed by atoms with Crippen LogP contribution in [0.3, 0.4) is 0 Å². The van der Waals surface area contributed by atoms with Crippen molar-refractivity contribution in [3.05, 3.63) is 29.8 Å². The fourth-order valence-electron chi connectivity index (χ4n) is 5.74. The third-order valence-corrected chi connectivity index (χ3v) is 7.86. The standard InChI is InChI=1S/C26H34F8O/c1-2-3-4-5-17-6-8-18(9-7-17)20-12-15-22(23(27)16-20)19-10-13-21(14-11-19)35-26(33,34)24(28,29)25(30,31)32/h10-11,13-14,17-18,20,22-23H,2-9,12,15-16H2,1H3. The maximum Gasteiger partial charge on any atom is 0.474 e. The Morgan fingerprint density at radius 2 is 1.40 bits per heavy atom. The lowest BCUT2D eigenvalue weighted by Crippen LogP contribution is -2.55. The summed E-state index contributed by atoms with van der Waals surface area (Å²) < 4.78 is 109. The van der Waals surface area contributed by atoms with Crippen LogP contribution in [0, 0.1) is 17.8 Å². The molecule has 3 unspecified atom stereocenters. The van der Waals surface area contributed by atoms with E-state index in [-0.39, 0.29) is 0 Å². The van der Waals surface area contributed by atoms with Crippen molar-refractivity contribution in [1.82, 2.24) is 0 Å². The molecule has 0 heterocycles. The molecule has 0 amide bonds. The molecular formula is C26H34F8O. The number of hydrogen-bond donors (Lipinski definition) is 0. The Labute approximate surface area is 201 Å². The SMILES string of the molecule is CCCCCC1CCC(C2CCC(c3ccc(OC(F)(F)C(F)(F)C(F)(F)F)cc3)C(F)C2)CC1. The highest BCUT2D eigenvalue weighted by molar-refractivity contribution is 5.31. The molecule has 3 rings (SSSR count). The summed E-state index contributed by atoms with van der Waals surface area (Å²) in [4.78, 5) is 0. The second kappa shape index (κ2) is 11.2. The first kappa shape index (κ1) is 28.0. The van der Waals surface area contributed by atoms with Crippen molar-refractivity contribution in [3.63, 3.8) is 0 Å². The number of rotatable bonds is 9. The first-order chi connectivity index (χ1) is 16.4. The molecule has 1 nitrogen and oxygen atoms in total. The molecule has 0 saturated heterocycles. The number of ether oxygens (including phenoxy) is 1. The van der Waals surface area contributed by atoms with Crippen molar-refractivity contribution in [1.29, 1.82) is 0 Å². The second-order valence-electron chi connectivity index (χ2n) is 10.2. The number of hydrogen-bond acceptors (Lipinski definition) is 1. The summed E-state index contributed by atoms with van der Waals surface area (Å²) in [5.41, 5.74) is 0.494. The number of alkyl halides is 8. The van der Waals surface area contributed by atoms with Crippen LogP contribution in [0.15, 0.2) is 24.3 Å². The predicted molar refractivity (Wildman–Crippen MR) is 118 cm³/mol. The smallest absolute Gasteiger partial charge is 0.428 e. The summed E-state index contributed by atoms with van der Waals surface area (Å²) in [7, 11) is 0. The normalized spacial score (nSPS) is 28.7. The van der Waals surface area contributed by atoms with Gasteiger partial charge in [0.05, 0.1) is 0 Å². The number of halogens is 8. The lowest BCUT2D eigenvalue weighted by atomic mass is 9.67. The lowest BCUT2D eigenvalue weighted by molar-refractivity contribution is -0.402. The maximum atomic E-state index is 15.1. The Hall–Kier alpha value is -1.54. The van der Waals surface area contributed by atoms with E-state index in [1.54, 1.807) is 0 Å². The molecule has 2 fully saturated rings. The van der Waals surface area contributed by atoms with Crippen molar-refractivity contribution in [3.8, 4) is 5.75 Å². The molecule has 0 bridgehead atoms. The van der Waals surface area contributed by atoms with E-state index in [0.717, 1.165) is 37.3 Å². The third kappa shape index (κ3) is 6.62. The van der Waals surface area contributed by atoms with E-state index in [0.29, 0.717) is 30.2 Å². The highest BCUT2D eigenvalue weighted by Crippen LogP contribution is 2.48. The summed E-state index contributed by atoms with van der Waals surface area (Å²) in [6.07, 6.45) is -1.84. The van der Waals surface area contributed by atoms with Gasteiger partial charge in [-0.25, -0.2) is 4.39 Å². The molecule has 0 N–H and O–H groups in total. The van der Waals surface area contributed by atoms with Gasteiger partial charge >= 0.3 is 18.2 Å². The van der Waals surface area contributed by atoms with Crippen molar-refractivity contribution in [2.75, 3.05) is 0 Å². The van der Waals surface area contributed by atoms with Crippen LogP contribution < -0.4 is 4.74 Å². The van der Waals surface area contributed by atoms with Gasteiger partial charge in [0.25, 0.3) is 0 Å². The van der Waals surface area contributed by atoms with Gasteiger partial charge in [-0.15, -0.1) is 0 Å². The van der Waals surface area contributed by atoms with E-state index in [9.17, 15) is 30.7 Å². The van der Waals surface area contributed by atoms with Gasteiger partial charge in [-0.05, 0) is 67.6 Å². The summed E-state index contributed by atoms with van der Waals surface area (Å²) in [5, 5.41) is 0. The van der Waals surface area contributed by atoms with E-state index in [2.05, 4.69) is 11.7 Å². The molecule has 2 aliphatic carbocycles. The summed E-state index contributed by atoms with van der Waals surface area (Å²) in [6.45, 7) is 2.20. The van der Waals surface area contributed by atoms with Crippen molar-refractivity contribution in [2.24, 2.45) is 17.8 Å². The highest BCUT2D eigenvalue weighted by atomic mass is 19.4. The Kier molecular flexibility index (Phi) is 9.01. The molecule has 200 valence electrons. The van der Waals surface area contributed by atoms with Crippen LogP contribution in [0.25, 0.3) is 0 Å². The third-order valence-electron chi connectivity index (χ3n) is 7.86. The molecule has 2 aliphatic rings. The van der Waals surface area contributed by atoms with E-state index >= 15 is 4.39 Å². The molecule has 0 aliphatic heterocycles. The van der Waals surface area contributed by atoms with Crippen molar-refractivity contribution in [2.45, 2.75) is 108 Å². The summed E-state index contributed by atoms with van der Waals surface area (Å²) in [6, 6.07) is 4.29. The van der Waals surface area contributed by atoms with Gasteiger partial charge in [0.2, 0.25) is 0 Å². The Bertz CT molecular complexity index is 784. The molecule has 1 aromatic carbocycles. The van der Waals surface area contributed by atoms with Crippen LogP contribution in [0.4, 0.5) is 35.1 Å². The van der Waals surface area contributed by atoms with Crippen LogP contribution in [-0.2, 0) is 0 Å². The molecule has 3 atom stereocenters. The molecular weight excluding hydrogens is 480 g/mol. The van der Waals surface area contributed by atoms with Crippen LogP contribution >= 0.6 is 0 Å². The first-order valence-electron chi connectivity index (χ1n) is 12.6. The second-order valence-corrected chi connectivity index (χ2v) is 10.2. The zero-order chi connectivity index (χ0) is 25.9. The molecule has 1 aromatic rings. The molecule has 9 heteroatoms. The van der Waals surface area contributed by atoms with E-state index < -0.39 is 36.0 Å². The minimum atomic E-state index is -6.47. The van der Waals surface area contributed by atoms with Gasteiger partial charge in [-0.2, -0.15) is 30.7 Å². The van der Waals surface area contributed by atoms with Crippen molar-refractivity contribution >= 4 is 0 Å². The summed E-state index contributed by atoms with van der Waals surface area (Å²) in [5.74, 6) is -6.06. The number of unbranched alkanes of at least 4 members (excludes halogenated alkanes) is 2. The van der Waals surface area contributed by atoms with Gasteiger partial charge < -0.3 is 4.74 Å². The zero-order valence-corrected chi connectivity index (χ0v) is 19.9. The van der Waals surface area contributed by atoms with Crippen LogP contribution in [0.5, 0.6) is 5.75 Å². The van der Waals surface area contributed by atoms with Gasteiger partial charge in [-0.3, -0.25) is 0 Å². The quantitative estimate of drug-likeness (QED) is 0.236. The first-order valence-corrected chi connectivity index (χ1v) is 12.6. The van der Waals surface area contributed by atoms with Gasteiger partial charge in [0, 0.05) is 5.92 Å². The maximum absolute atomic E-state index is 15.1. The summed E-state index contributed by atoms with van der Waals surface area (Å²) >= 11 is 0. The van der Waals surface area contributed by atoms with Gasteiger partial charge in [0.1, 0.15) is 11.9 Å². The number of benzene rings is 1. The van der Waals surface area contributed by atoms with E-state index in [1.165, 1.54) is 50.7 Å². The molecule has 2 saturated carbocycles. The highest BCUT2D eigenvalue weighted by Gasteiger charge is 2.75. The van der Waals surface area contributed by atoms with E-state index in [1.807, 2.05) is 0 Å². The van der Waals surface area contributed by atoms with Crippen LogP contribution in [0.2, 0.25) is 0 Å². The topological polar surface area (TPSA) is 9.23 Å². The Balaban J connectivity index is 1.53. The minimum absolute atomic E-state index is 0.309. The Morgan fingerprint density at radius 3 is 1.94 bits per heavy atom. The van der Waals surface area contributed by atoms with Crippen molar-refractivity contribution < 1.29 is 39.9 Å². The van der Waals surface area contributed by atoms with Gasteiger partial charge in [-0.1, -0.05) is 57.6 Å².